The molecule has 26 heavy (non-hydrogen) atoms. The van der Waals surface area contributed by atoms with Crippen LogP contribution in [0.5, 0.6) is 11.5 Å². The van der Waals surface area contributed by atoms with Crippen molar-refractivity contribution in [3.8, 4) is 11.5 Å². The van der Waals surface area contributed by atoms with Gasteiger partial charge < -0.3 is 14.6 Å². The Labute approximate surface area is 154 Å². The topological polar surface area (TPSA) is 72.8 Å². The van der Waals surface area contributed by atoms with Crippen molar-refractivity contribution in [2.45, 2.75) is 20.3 Å². The first kappa shape index (κ1) is 22.7. The highest BCUT2D eigenvalue weighted by Crippen LogP contribution is 2.20. The van der Waals surface area contributed by atoms with Crippen LogP contribution in [0.25, 0.3) is 0 Å². The summed E-state index contributed by atoms with van der Waals surface area (Å²) in [4.78, 5) is 22.4. The van der Waals surface area contributed by atoms with Crippen molar-refractivity contribution in [2.24, 2.45) is 0 Å². The number of esters is 1. The smallest absolute Gasteiger partial charge is 0.449 e. The molecular weight excluding hydrogens is 332 g/mol. The highest BCUT2D eigenvalue weighted by atomic mass is 16.7. The molecule has 0 saturated heterocycles. The van der Waals surface area contributed by atoms with Gasteiger partial charge in [0.1, 0.15) is 17.1 Å². The summed E-state index contributed by atoms with van der Waals surface area (Å²) in [6.07, 6.45) is 3.22. The third-order valence-corrected chi connectivity index (χ3v) is 2.55. The molecule has 0 bridgehead atoms. The molecule has 0 spiro atoms. The molecule has 0 fully saturated rings. The fraction of sp³-hybridized carbons (Fsp3) is 0.143. The van der Waals surface area contributed by atoms with Gasteiger partial charge >= 0.3 is 12.1 Å². The summed E-state index contributed by atoms with van der Waals surface area (Å²) in [5, 5.41) is 8.59. The van der Waals surface area contributed by atoms with Crippen molar-refractivity contribution >= 4 is 12.1 Å². The Balaban J connectivity index is 0.000000770. The van der Waals surface area contributed by atoms with Crippen LogP contribution in [0.3, 0.4) is 0 Å². The minimum absolute atomic E-state index is 0.0498. The summed E-state index contributed by atoms with van der Waals surface area (Å²) in [5.74, 6) is -0.364. The van der Waals surface area contributed by atoms with E-state index in [1.807, 2.05) is 13.0 Å². The molecule has 0 aliphatic heterocycles. The molecule has 0 radical (unpaired) electrons. The number of benzene rings is 2. The first-order chi connectivity index (χ1) is 12.5. The Bertz CT molecular complexity index is 693. The lowest BCUT2D eigenvalue weighted by atomic mass is 10.2. The number of hydrogen-bond donors (Lipinski definition) is 1. The molecule has 0 aliphatic rings. The third-order valence-electron chi connectivity index (χ3n) is 2.55. The van der Waals surface area contributed by atoms with Crippen LogP contribution in [-0.2, 0) is 0 Å². The second-order valence-corrected chi connectivity index (χ2v) is 4.67. The highest BCUT2D eigenvalue weighted by molar-refractivity contribution is 5.94. The third kappa shape index (κ3) is 9.72. The van der Waals surface area contributed by atoms with Crippen LogP contribution in [0.15, 0.2) is 79.9 Å². The van der Waals surface area contributed by atoms with E-state index in [1.54, 1.807) is 48.5 Å². The Morgan fingerprint density at radius 2 is 1.50 bits per heavy atom. The largest absolute Gasteiger partial charge is 0.511 e. The van der Waals surface area contributed by atoms with Gasteiger partial charge in [-0.3, -0.25) is 0 Å². The molecule has 5 heteroatoms. The van der Waals surface area contributed by atoms with E-state index in [-0.39, 0.29) is 11.3 Å². The molecule has 0 heterocycles. The summed E-state index contributed by atoms with van der Waals surface area (Å²) in [7, 11) is 0. The molecular formula is C21H24O5. The number of rotatable bonds is 4. The SMILES string of the molecule is C=CC.C=CCC.O=C(O)Oc1ccccc1C(=O)Oc1ccccc1. The first-order valence-corrected chi connectivity index (χ1v) is 7.95. The van der Waals surface area contributed by atoms with Crippen LogP contribution in [0.4, 0.5) is 4.79 Å². The number of hydrogen-bond acceptors (Lipinski definition) is 4. The summed E-state index contributed by atoms with van der Waals surface area (Å²) in [6.45, 7) is 10.8. The van der Waals surface area contributed by atoms with Crippen LogP contribution in [0.2, 0.25) is 0 Å². The summed E-state index contributed by atoms with van der Waals surface area (Å²) >= 11 is 0. The molecule has 0 amide bonds. The van der Waals surface area contributed by atoms with Crippen LogP contribution in [0, 0.1) is 0 Å². The van der Waals surface area contributed by atoms with Gasteiger partial charge in [0.05, 0.1) is 0 Å². The average Bonchev–Trinajstić information content (AvgIpc) is 2.63. The van der Waals surface area contributed by atoms with Crippen molar-refractivity contribution in [2.75, 3.05) is 0 Å². The van der Waals surface area contributed by atoms with Gasteiger partial charge in [0.15, 0.2) is 0 Å². The highest BCUT2D eigenvalue weighted by Gasteiger charge is 2.16. The second kappa shape index (κ2) is 14.0. The van der Waals surface area contributed by atoms with Gasteiger partial charge in [-0.1, -0.05) is 49.4 Å². The second-order valence-electron chi connectivity index (χ2n) is 4.67. The summed E-state index contributed by atoms with van der Waals surface area (Å²) in [6, 6.07) is 14.5. The number of carbonyl (C=O) groups excluding carboxylic acids is 1. The van der Waals surface area contributed by atoms with Crippen LogP contribution < -0.4 is 9.47 Å². The minimum Gasteiger partial charge on any atom is -0.449 e. The zero-order valence-corrected chi connectivity index (χ0v) is 15.1. The lowest BCUT2D eigenvalue weighted by molar-refractivity contribution is 0.0731. The summed E-state index contributed by atoms with van der Waals surface area (Å²) in [5.41, 5.74) is 0.0498. The zero-order chi connectivity index (χ0) is 19.8. The molecule has 0 unspecified atom stereocenters. The molecule has 0 aliphatic carbocycles. The maximum absolute atomic E-state index is 11.9. The van der Waals surface area contributed by atoms with Crippen molar-refractivity contribution < 1.29 is 24.2 Å². The van der Waals surface area contributed by atoms with Gasteiger partial charge in [-0.25, -0.2) is 9.59 Å². The molecule has 1 N–H and O–H groups in total. The number of ether oxygens (including phenoxy) is 2. The lowest BCUT2D eigenvalue weighted by Crippen LogP contribution is -2.12. The number of carbonyl (C=O) groups is 2. The molecule has 2 rings (SSSR count). The Kier molecular flexibility index (Phi) is 12.2. The van der Waals surface area contributed by atoms with E-state index in [1.165, 1.54) is 12.1 Å². The van der Waals surface area contributed by atoms with Crippen molar-refractivity contribution in [1.82, 2.24) is 0 Å². The maximum Gasteiger partial charge on any atom is 0.511 e. The minimum atomic E-state index is -1.49. The molecule has 2 aromatic rings. The van der Waals surface area contributed by atoms with Crippen LogP contribution >= 0.6 is 0 Å². The average molecular weight is 356 g/mol. The Morgan fingerprint density at radius 1 is 1.00 bits per heavy atom. The summed E-state index contributed by atoms with van der Waals surface area (Å²) < 4.78 is 9.63. The number of para-hydroxylation sites is 2. The van der Waals surface area contributed by atoms with Crippen LogP contribution in [-0.4, -0.2) is 17.2 Å². The van der Waals surface area contributed by atoms with Gasteiger partial charge in [0.25, 0.3) is 0 Å². The van der Waals surface area contributed by atoms with E-state index in [9.17, 15) is 9.59 Å². The van der Waals surface area contributed by atoms with Gasteiger partial charge in [-0.05, 0) is 37.6 Å². The Morgan fingerprint density at radius 3 is 2.00 bits per heavy atom. The van der Waals surface area contributed by atoms with E-state index < -0.39 is 12.1 Å². The zero-order valence-electron chi connectivity index (χ0n) is 15.1. The van der Waals surface area contributed by atoms with E-state index in [2.05, 4.69) is 24.8 Å². The van der Waals surface area contributed by atoms with Crippen molar-refractivity contribution in [3.05, 3.63) is 85.5 Å². The standard InChI is InChI=1S/C14H10O5.C4H8.C3H6/c15-13(18-10-6-2-1-3-7-10)11-8-4-5-9-12(11)19-14(16)17;1-3-4-2;1-3-2/h1-9H,(H,16,17);3H,1,4H2,2H3;3H,1H2,2H3. The van der Waals surface area contributed by atoms with Gasteiger partial charge in [-0.15, -0.1) is 13.2 Å². The molecule has 2 aromatic carbocycles. The normalized spacial score (nSPS) is 8.54. The van der Waals surface area contributed by atoms with E-state index >= 15 is 0 Å². The van der Waals surface area contributed by atoms with Gasteiger partial charge in [-0.2, -0.15) is 0 Å². The van der Waals surface area contributed by atoms with Crippen molar-refractivity contribution in [1.29, 1.82) is 0 Å². The fourth-order valence-electron chi connectivity index (χ4n) is 1.47. The molecule has 138 valence electrons. The van der Waals surface area contributed by atoms with Gasteiger partial charge in [0.2, 0.25) is 0 Å². The fourth-order valence-corrected chi connectivity index (χ4v) is 1.47. The van der Waals surface area contributed by atoms with Crippen LogP contribution in [0.1, 0.15) is 30.6 Å². The maximum atomic E-state index is 11.9. The van der Waals surface area contributed by atoms with E-state index in [0.29, 0.717) is 5.75 Å². The molecule has 0 saturated carbocycles. The lowest BCUT2D eigenvalue weighted by Gasteiger charge is -2.07. The Hall–Kier alpha value is -3.34. The van der Waals surface area contributed by atoms with Gasteiger partial charge in [0, 0.05) is 0 Å². The van der Waals surface area contributed by atoms with E-state index in [0.717, 1.165) is 6.42 Å². The first-order valence-electron chi connectivity index (χ1n) is 7.95. The molecule has 5 nitrogen and oxygen atoms in total. The molecule has 0 aromatic heterocycles. The van der Waals surface area contributed by atoms with E-state index in [4.69, 9.17) is 9.84 Å². The monoisotopic (exact) mass is 356 g/mol. The quantitative estimate of drug-likeness (QED) is 0.327. The number of allylic oxidation sites excluding steroid dienone is 2. The predicted molar refractivity (Wildman–Crippen MR) is 103 cm³/mol. The predicted octanol–water partition coefficient (Wildman–Crippen LogP) is 5.74. The number of carboxylic acid groups (broad SMARTS) is 1. The van der Waals surface area contributed by atoms with Crippen molar-refractivity contribution in [3.63, 3.8) is 0 Å². The molecule has 0 atom stereocenters.